The zero-order valence-corrected chi connectivity index (χ0v) is 13.4. The molecule has 0 unspecified atom stereocenters. The van der Waals surface area contributed by atoms with Crippen LogP contribution in [0, 0.1) is 0 Å². The third-order valence-electron chi connectivity index (χ3n) is 4.33. The predicted octanol–water partition coefficient (Wildman–Crippen LogP) is 2.80. The Balaban J connectivity index is 1.73. The Morgan fingerprint density at radius 2 is 2.17 bits per heavy atom. The minimum Gasteiger partial charge on any atom is -0.384 e. The van der Waals surface area contributed by atoms with Gasteiger partial charge in [-0.25, -0.2) is 9.97 Å². The van der Waals surface area contributed by atoms with Crippen molar-refractivity contribution in [2.75, 3.05) is 18.8 Å². The van der Waals surface area contributed by atoms with Gasteiger partial charge in [0, 0.05) is 38.4 Å². The second kappa shape index (κ2) is 6.43. The molecular weight excluding hydrogens is 319 g/mol. The Morgan fingerprint density at radius 3 is 2.83 bits per heavy atom. The second-order valence-corrected chi connectivity index (χ2v) is 6.26. The van der Waals surface area contributed by atoms with E-state index in [0.29, 0.717) is 24.7 Å². The van der Waals surface area contributed by atoms with E-state index in [1.165, 1.54) is 4.57 Å². The third kappa shape index (κ3) is 3.69. The lowest BCUT2D eigenvalue weighted by molar-refractivity contribution is -0.141. The van der Waals surface area contributed by atoms with Crippen LogP contribution in [0.25, 0.3) is 0 Å². The van der Waals surface area contributed by atoms with Gasteiger partial charge in [0.15, 0.2) is 5.69 Å². The number of aromatic nitrogens is 3. The molecule has 0 aliphatic carbocycles. The van der Waals surface area contributed by atoms with Crippen LogP contribution in [-0.2, 0) is 19.8 Å². The zero-order valence-electron chi connectivity index (χ0n) is 13.4. The number of rotatable bonds is 3. The molecule has 130 valence electrons. The van der Waals surface area contributed by atoms with Crippen LogP contribution in [0.4, 0.5) is 19.0 Å². The largest absolute Gasteiger partial charge is 0.434 e. The molecule has 0 aromatic carbocycles. The molecule has 1 fully saturated rings. The van der Waals surface area contributed by atoms with E-state index in [1.54, 1.807) is 13.2 Å². The van der Waals surface area contributed by atoms with Crippen LogP contribution in [0.15, 0.2) is 24.5 Å². The highest BCUT2D eigenvalue weighted by Crippen LogP contribution is 2.32. The van der Waals surface area contributed by atoms with Crippen molar-refractivity contribution in [2.24, 2.45) is 7.05 Å². The first kappa shape index (κ1) is 16.8. The number of nitrogens with zero attached hydrogens (tertiary/aromatic N) is 4. The summed E-state index contributed by atoms with van der Waals surface area (Å²) < 4.78 is 40.0. The van der Waals surface area contributed by atoms with Gasteiger partial charge >= 0.3 is 6.18 Å². The standard InChI is InChI=1S/C16H20F3N5/c1-23-10-13(16(17,18)19)22-15(23)12-3-2-6-24(9-12)8-11-4-5-21-14(20)7-11/h4-5,7,10,12H,2-3,6,8-9H2,1H3,(H2,20,21)/t12-/m0/s1. The Kier molecular flexibility index (Phi) is 4.49. The number of hydrogen-bond acceptors (Lipinski definition) is 4. The fraction of sp³-hybridized carbons (Fsp3) is 0.500. The molecule has 0 saturated carbocycles. The molecule has 8 heteroatoms. The van der Waals surface area contributed by atoms with Crippen molar-refractivity contribution in [1.82, 2.24) is 19.4 Å². The monoisotopic (exact) mass is 339 g/mol. The molecule has 3 heterocycles. The second-order valence-electron chi connectivity index (χ2n) is 6.26. The Labute approximate surface area is 138 Å². The fourth-order valence-corrected chi connectivity index (χ4v) is 3.26. The normalized spacial score (nSPS) is 19.6. The number of aryl methyl sites for hydroxylation is 1. The van der Waals surface area contributed by atoms with Gasteiger partial charge in [-0.3, -0.25) is 4.90 Å². The first-order valence-corrected chi connectivity index (χ1v) is 7.86. The van der Waals surface area contributed by atoms with Crippen LogP contribution >= 0.6 is 0 Å². The van der Waals surface area contributed by atoms with E-state index >= 15 is 0 Å². The van der Waals surface area contributed by atoms with Crippen LogP contribution in [-0.4, -0.2) is 32.5 Å². The van der Waals surface area contributed by atoms with E-state index in [1.807, 2.05) is 12.1 Å². The van der Waals surface area contributed by atoms with Crippen LogP contribution < -0.4 is 5.73 Å². The van der Waals surface area contributed by atoms with Gasteiger partial charge in [0.25, 0.3) is 0 Å². The van der Waals surface area contributed by atoms with E-state index in [4.69, 9.17) is 5.73 Å². The van der Waals surface area contributed by atoms with Gasteiger partial charge in [-0.05, 0) is 37.1 Å². The van der Waals surface area contributed by atoms with Gasteiger partial charge in [0.05, 0.1) is 0 Å². The molecule has 0 amide bonds. The summed E-state index contributed by atoms with van der Waals surface area (Å²) in [5, 5.41) is 0. The number of nitrogens with two attached hydrogens (primary N) is 1. The minimum absolute atomic E-state index is 0.000894. The number of hydrogen-bond donors (Lipinski definition) is 1. The number of alkyl halides is 3. The summed E-state index contributed by atoms with van der Waals surface area (Å²) in [5.41, 5.74) is 5.93. The lowest BCUT2D eigenvalue weighted by Gasteiger charge is -2.32. The van der Waals surface area contributed by atoms with E-state index in [-0.39, 0.29) is 5.92 Å². The number of piperidine rings is 1. The minimum atomic E-state index is -4.40. The van der Waals surface area contributed by atoms with Gasteiger partial charge in [-0.15, -0.1) is 0 Å². The molecule has 1 atom stereocenters. The van der Waals surface area contributed by atoms with Crippen molar-refractivity contribution in [3.63, 3.8) is 0 Å². The van der Waals surface area contributed by atoms with Gasteiger partial charge in [0.2, 0.25) is 0 Å². The summed E-state index contributed by atoms with van der Waals surface area (Å²) in [5.74, 6) is 0.972. The molecule has 24 heavy (non-hydrogen) atoms. The quantitative estimate of drug-likeness (QED) is 0.934. The molecule has 0 radical (unpaired) electrons. The molecule has 2 aromatic heterocycles. The average Bonchev–Trinajstić information content (AvgIpc) is 2.90. The SMILES string of the molecule is Cn1cc(C(F)(F)F)nc1[C@H]1CCCN(Cc2ccnc(N)c2)C1. The van der Waals surface area contributed by atoms with Crippen molar-refractivity contribution in [1.29, 1.82) is 0 Å². The van der Waals surface area contributed by atoms with Crippen LogP contribution in [0.1, 0.15) is 35.8 Å². The summed E-state index contributed by atoms with van der Waals surface area (Å²) >= 11 is 0. The van der Waals surface area contributed by atoms with E-state index in [0.717, 1.165) is 31.1 Å². The molecule has 3 rings (SSSR count). The third-order valence-corrected chi connectivity index (χ3v) is 4.33. The highest BCUT2D eigenvalue weighted by molar-refractivity contribution is 5.31. The number of imidazole rings is 1. The van der Waals surface area contributed by atoms with E-state index in [2.05, 4.69) is 14.9 Å². The topological polar surface area (TPSA) is 60.0 Å². The van der Waals surface area contributed by atoms with E-state index in [9.17, 15) is 13.2 Å². The lowest BCUT2D eigenvalue weighted by Crippen LogP contribution is -2.34. The molecule has 1 aliphatic heterocycles. The van der Waals surface area contributed by atoms with Crippen LogP contribution in [0.5, 0.6) is 0 Å². The maximum Gasteiger partial charge on any atom is 0.434 e. The maximum atomic E-state index is 12.8. The van der Waals surface area contributed by atoms with Gasteiger partial charge in [0.1, 0.15) is 11.6 Å². The molecule has 2 N–H and O–H groups in total. The summed E-state index contributed by atoms with van der Waals surface area (Å²) in [4.78, 5) is 10.0. The first-order valence-electron chi connectivity index (χ1n) is 7.86. The molecule has 0 bridgehead atoms. The summed E-state index contributed by atoms with van der Waals surface area (Å²) in [6.07, 6.45) is 0.105. The Bertz CT molecular complexity index is 710. The molecule has 1 aliphatic rings. The van der Waals surface area contributed by atoms with Crippen molar-refractivity contribution in [3.8, 4) is 0 Å². The predicted molar refractivity (Wildman–Crippen MR) is 84.1 cm³/mol. The van der Waals surface area contributed by atoms with Gasteiger partial charge in [-0.2, -0.15) is 13.2 Å². The molecule has 5 nitrogen and oxygen atoms in total. The summed E-state index contributed by atoms with van der Waals surface area (Å²) in [7, 11) is 1.63. The molecular formula is C16H20F3N5. The fourth-order valence-electron chi connectivity index (χ4n) is 3.26. The first-order chi connectivity index (χ1) is 11.3. The molecule has 2 aromatic rings. The summed E-state index contributed by atoms with van der Waals surface area (Å²) in [6, 6.07) is 3.73. The maximum absolute atomic E-state index is 12.8. The van der Waals surface area contributed by atoms with Crippen molar-refractivity contribution in [2.45, 2.75) is 31.5 Å². The Hall–Kier alpha value is -2.09. The zero-order chi connectivity index (χ0) is 17.3. The van der Waals surface area contributed by atoms with Gasteiger partial charge < -0.3 is 10.3 Å². The lowest BCUT2D eigenvalue weighted by atomic mass is 9.96. The number of likely N-dealkylation sites (tertiary alicyclic amines) is 1. The van der Waals surface area contributed by atoms with Crippen LogP contribution in [0.2, 0.25) is 0 Å². The highest BCUT2D eigenvalue weighted by atomic mass is 19.4. The van der Waals surface area contributed by atoms with E-state index < -0.39 is 11.9 Å². The van der Waals surface area contributed by atoms with Gasteiger partial charge in [-0.1, -0.05) is 0 Å². The molecule has 0 spiro atoms. The van der Waals surface area contributed by atoms with Crippen molar-refractivity contribution < 1.29 is 13.2 Å². The number of pyridine rings is 1. The number of anilines is 1. The number of halogens is 3. The molecule has 1 saturated heterocycles. The Morgan fingerprint density at radius 1 is 1.38 bits per heavy atom. The average molecular weight is 339 g/mol. The smallest absolute Gasteiger partial charge is 0.384 e. The van der Waals surface area contributed by atoms with Crippen molar-refractivity contribution in [3.05, 3.63) is 41.6 Å². The van der Waals surface area contributed by atoms with Crippen molar-refractivity contribution >= 4 is 5.82 Å². The highest BCUT2D eigenvalue weighted by Gasteiger charge is 2.36. The van der Waals surface area contributed by atoms with Crippen LogP contribution in [0.3, 0.4) is 0 Å². The number of nitrogen functional groups attached to an aromatic ring is 1. The summed E-state index contributed by atoms with van der Waals surface area (Å²) in [6.45, 7) is 2.30.